The van der Waals surface area contributed by atoms with Gasteiger partial charge in [-0.3, -0.25) is 9.59 Å². The van der Waals surface area contributed by atoms with Crippen LogP contribution >= 0.6 is 0 Å². The highest BCUT2D eigenvalue weighted by molar-refractivity contribution is 7.89. The number of nitrogens with one attached hydrogen (secondary N) is 1. The molecule has 1 aromatic rings. The van der Waals surface area contributed by atoms with Gasteiger partial charge in [0, 0.05) is 19.6 Å². The van der Waals surface area contributed by atoms with Crippen LogP contribution in [0, 0.1) is 0 Å². The molecule has 0 aliphatic carbocycles. The smallest absolute Gasteiger partial charge is 0.243 e. The van der Waals surface area contributed by atoms with E-state index in [-0.39, 0.29) is 22.1 Å². The van der Waals surface area contributed by atoms with Crippen LogP contribution < -0.4 is 5.32 Å². The van der Waals surface area contributed by atoms with Gasteiger partial charge in [0.05, 0.1) is 4.90 Å². The number of hydrogen-bond acceptors (Lipinski definition) is 4. The largest absolute Gasteiger partial charge is 0.354 e. The van der Waals surface area contributed by atoms with Crippen molar-refractivity contribution < 1.29 is 18.0 Å². The molecule has 7 nitrogen and oxygen atoms in total. The Bertz CT molecular complexity index is 1070. The van der Waals surface area contributed by atoms with Crippen LogP contribution in [0.2, 0.25) is 0 Å². The van der Waals surface area contributed by atoms with Gasteiger partial charge >= 0.3 is 0 Å². The minimum absolute atomic E-state index is 0.0344. The number of carbonyl (C=O) groups excluding carboxylic acids is 2. The van der Waals surface area contributed by atoms with Crippen molar-refractivity contribution >= 4 is 21.8 Å². The number of unbranched alkanes of at least 4 members (excludes halogenated alkanes) is 9. The van der Waals surface area contributed by atoms with Crippen molar-refractivity contribution in [2.75, 3.05) is 19.6 Å². The molecule has 0 bridgehead atoms. The fourth-order valence-corrected chi connectivity index (χ4v) is 7.78. The summed E-state index contributed by atoms with van der Waals surface area (Å²) < 4.78 is 28.6. The van der Waals surface area contributed by atoms with Crippen LogP contribution in [0.25, 0.3) is 0 Å². The van der Waals surface area contributed by atoms with Gasteiger partial charge in [-0.25, -0.2) is 8.42 Å². The first-order chi connectivity index (χ1) is 19.6. The third-order valence-electron chi connectivity index (χ3n) is 9.28. The maximum atomic E-state index is 13.7. The van der Waals surface area contributed by atoms with Gasteiger partial charge in [0.2, 0.25) is 21.8 Å². The van der Waals surface area contributed by atoms with Gasteiger partial charge in [-0.15, -0.1) is 0 Å². The number of amides is 2. The number of sulfonamides is 1. The van der Waals surface area contributed by atoms with Crippen molar-refractivity contribution in [1.29, 1.82) is 0 Å². The van der Waals surface area contributed by atoms with E-state index >= 15 is 0 Å². The zero-order valence-electron chi connectivity index (χ0n) is 26.1. The lowest BCUT2D eigenvalue weighted by Gasteiger charge is -2.30. The molecule has 2 amide bonds. The first kappa shape index (κ1) is 33.6. The Labute approximate surface area is 249 Å². The van der Waals surface area contributed by atoms with Crippen LogP contribution in [0.15, 0.2) is 29.2 Å². The zero-order valence-corrected chi connectivity index (χ0v) is 26.9. The summed E-state index contributed by atoms with van der Waals surface area (Å²) >= 11 is 0. The van der Waals surface area contributed by atoms with Gasteiger partial charge < -0.3 is 10.2 Å². The Balaban J connectivity index is 1.50. The predicted octanol–water partition coefficient (Wildman–Crippen LogP) is 6.56. The lowest BCUT2D eigenvalue weighted by atomic mass is 9.82. The van der Waals surface area contributed by atoms with Crippen LogP contribution in [0.1, 0.15) is 130 Å². The second kappa shape index (κ2) is 16.1. The molecule has 0 radical (unpaired) electrons. The Kier molecular flexibility index (Phi) is 13.2. The minimum Gasteiger partial charge on any atom is -0.354 e. The van der Waals surface area contributed by atoms with E-state index in [9.17, 15) is 18.0 Å². The molecule has 41 heavy (non-hydrogen) atoms. The lowest BCUT2D eigenvalue weighted by Crippen LogP contribution is -2.52. The molecule has 2 atom stereocenters. The monoisotopic (exact) mass is 589 g/mol. The first-order valence-corrected chi connectivity index (χ1v) is 17.8. The average Bonchev–Trinajstić information content (AvgIpc) is 3.67. The van der Waals surface area contributed by atoms with Crippen LogP contribution in [-0.4, -0.2) is 61.2 Å². The summed E-state index contributed by atoms with van der Waals surface area (Å²) in [5.41, 5.74) is 1.06. The lowest BCUT2D eigenvalue weighted by molar-refractivity contribution is -0.140. The highest BCUT2D eigenvalue weighted by atomic mass is 32.2. The summed E-state index contributed by atoms with van der Waals surface area (Å²) in [6, 6.07) is 5.86. The normalized spacial score (nSPS) is 20.0. The molecule has 3 rings (SSSR count). The van der Waals surface area contributed by atoms with Crippen molar-refractivity contribution in [2.24, 2.45) is 0 Å². The molecule has 1 N–H and O–H groups in total. The molecule has 232 valence electrons. The maximum Gasteiger partial charge on any atom is 0.243 e. The van der Waals surface area contributed by atoms with E-state index in [1.165, 1.54) is 55.7 Å². The molecule has 2 fully saturated rings. The summed E-state index contributed by atoms with van der Waals surface area (Å²) in [5, 5.41) is 3.05. The van der Waals surface area contributed by atoms with E-state index in [0.29, 0.717) is 38.9 Å². The second-order valence-corrected chi connectivity index (χ2v) is 14.6. The SMILES string of the molecule is CCCCCCCCCCCCNC(=O)C1CCCN1C(=O)C1CCCN1S(=O)(=O)c1ccc(C(C)(C)CC)cc1. The van der Waals surface area contributed by atoms with E-state index < -0.39 is 22.1 Å². The molecule has 2 aliphatic rings. The highest BCUT2D eigenvalue weighted by Gasteiger charge is 2.44. The third-order valence-corrected chi connectivity index (χ3v) is 11.2. The quantitative estimate of drug-likeness (QED) is 0.209. The predicted molar refractivity (Wildman–Crippen MR) is 166 cm³/mol. The van der Waals surface area contributed by atoms with Crippen molar-refractivity contribution in [1.82, 2.24) is 14.5 Å². The first-order valence-electron chi connectivity index (χ1n) is 16.3. The van der Waals surface area contributed by atoms with E-state index in [1.54, 1.807) is 17.0 Å². The molecule has 0 saturated carbocycles. The van der Waals surface area contributed by atoms with Gasteiger partial charge in [0.25, 0.3) is 0 Å². The Morgan fingerprint density at radius 2 is 1.39 bits per heavy atom. The van der Waals surface area contributed by atoms with Gasteiger partial charge in [-0.05, 0) is 61.6 Å². The Hall–Kier alpha value is -1.93. The van der Waals surface area contributed by atoms with Crippen molar-refractivity contribution in [3.63, 3.8) is 0 Å². The molecule has 1 aromatic carbocycles. The zero-order chi connectivity index (χ0) is 29.9. The summed E-state index contributed by atoms with van der Waals surface area (Å²) in [7, 11) is -3.82. The van der Waals surface area contributed by atoms with Crippen molar-refractivity contribution in [2.45, 2.75) is 146 Å². The third kappa shape index (κ3) is 9.03. The molecule has 0 aromatic heterocycles. The number of benzene rings is 1. The molecule has 2 saturated heterocycles. The summed E-state index contributed by atoms with van der Waals surface area (Å²) in [5.74, 6) is -0.334. The average molecular weight is 590 g/mol. The van der Waals surface area contributed by atoms with Gasteiger partial charge in [0.1, 0.15) is 12.1 Å². The molecule has 2 heterocycles. The molecular formula is C33H55N3O4S. The van der Waals surface area contributed by atoms with Crippen LogP contribution in [0.3, 0.4) is 0 Å². The fraction of sp³-hybridized carbons (Fsp3) is 0.758. The van der Waals surface area contributed by atoms with Gasteiger partial charge in [-0.1, -0.05) is 97.6 Å². The standard InChI is InChI=1S/C33H55N3O4S/c1-5-7-8-9-10-11-12-13-14-15-24-34-31(37)29-18-16-25-35(29)32(38)30-19-17-26-36(30)41(39,40)28-22-20-27(21-23-28)33(3,4)6-2/h20-23,29-30H,5-19,24-26H2,1-4H3,(H,34,37). The number of nitrogens with zero attached hydrogens (tertiary/aromatic N) is 2. The number of rotatable bonds is 17. The van der Waals surface area contributed by atoms with Crippen LogP contribution in [0.4, 0.5) is 0 Å². The molecule has 8 heteroatoms. The van der Waals surface area contributed by atoms with Gasteiger partial charge in [0.15, 0.2) is 0 Å². The molecule has 0 spiro atoms. The van der Waals surface area contributed by atoms with Crippen molar-refractivity contribution in [3.05, 3.63) is 29.8 Å². The second-order valence-electron chi connectivity index (χ2n) is 12.7. The molecular weight excluding hydrogens is 534 g/mol. The topological polar surface area (TPSA) is 86.8 Å². The van der Waals surface area contributed by atoms with Crippen LogP contribution in [-0.2, 0) is 25.0 Å². The molecule has 2 aliphatic heterocycles. The molecule has 2 unspecified atom stereocenters. The highest BCUT2D eigenvalue weighted by Crippen LogP contribution is 2.32. The minimum atomic E-state index is -3.82. The number of likely N-dealkylation sites (tertiary alicyclic amines) is 1. The van der Waals surface area contributed by atoms with Crippen molar-refractivity contribution in [3.8, 4) is 0 Å². The van der Waals surface area contributed by atoms with E-state index in [2.05, 4.69) is 33.0 Å². The summed E-state index contributed by atoms with van der Waals surface area (Å²) in [4.78, 5) is 28.6. The Morgan fingerprint density at radius 3 is 2.00 bits per heavy atom. The number of carbonyl (C=O) groups is 2. The Morgan fingerprint density at radius 1 is 0.829 bits per heavy atom. The van der Waals surface area contributed by atoms with E-state index in [4.69, 9.17) is 0 Å². The fourth-order valence-electron chi connectivity index (χ4n) is 6.13. The summed E-state index contributed by atoms with van der Waals surface area (Å²) in [6.45, 7) is 10.1. The number of hydrogen-bond donors (Lipinski definition) is 1. The van der Waals surface area contributed by atoms with E-state index in [1.807, 2.05) is 12.1 Å². The van der Waals surface area contributed by atoms with Gasteiger partial charge in [-0.2, -0.15) is 4.31 Å². The van der Waals surface area contributed by atoms with E-state index in [0.717, 1.165) is 31.2 Å². The van der Waals surface area contributed by atoms with Crippen LogP contribution in [0.5, 0.6) is 0 Å². The summed E-state index contributed by atoms with van der Waals surface area (Å²) in [6.07, 6.45) is 15.9. The maximum absolute atomic E-state index is 13.7.